The molecule has 1 aromatic rings. The average Bonchev–Trinajstić information content (AvgIpc) is 3.07. The van der Waals surface area contributed by atoms with Crippen molar-refractivity contribution in [2.24, 2.45) is 0 Å². The fourth-order valence-electron chi connectivity index (χ4n) is 5.48. The van der Waals surface area contributed by atoms with E-state index in [0.717, 1.165) is 64.1 Å². The molecule has 0 aromatic heterocycles. The molecule has 0 atom stereocenters. The molecule has 2 fully saturated rings. The summed E-state index contributed by atoms with van der Waals surface area (Å²) < 4.78 is 5.35. The maximum Gasteiger partial charge on any atom is 0.410 e. The highest BCUT2D eigenvalue weighted by Crippen LogP contribution is 2.47. The largest absolute Gasteiger partial charge is 0.447 e. The Morgan fingerprint density at radius 3 is 2.32 bits per heavy atom. The average molecular weight is 429 g/mol. The summed E-state index contributed by atoms with van der Waals surface area (Å²) in [7, 11) is 3.64. The second kappa shape index (κ2) is 8.69. The van der Waals surface area contributed by atoms with Crippen LogP contribution in [0.4, 0.5) is 15.3 Å². The molecule has 2 saturated heterocycles. The number of benzene rings is 1. The Kier molecular flexibility index (Phi) is 6.15. The third-order valence-corrected chi connectivity index (χ3v) is 7.17. The van der Waals surface area contributed by atoms with E-state index in [4.69, 9.17) is 4.74 Å². The van der Waals surface area contributed by atoms with Gasteiger partial charge in [0.25, 0.3) is 0 Å². The van der Waals surface area contributed by atoms with Crippen molar-refractivity contribution in [2.45, 2.75) is 57.1 Å². The molecule has 3 heterocycles. The Hall–Kier alpha value is -2.28. The van der Waals surface area contributed by atoms with Crippen LogP contribution in [-0.4, -0.2) is 85.8 Å². The van der Waals surface area contributed by atoms with Crippen LogP contribution in [0.15, 0.2) is 24.3 Å². The lowest BCUT2D eigenvalue weighted by Gasteiger charge is -2.45. The van der Waals surface area contributed by atoms with Crippen molar-refractivity contribution in [3.05, 3.63) is 29.8 Å². The molecule has 0 bridgehead atoms. The van der Waals surface area contributed by atoms with Crippen LogP contribution in [0.25, 0.3) is 0 Å². The quantitative estimate of drug-likeness (QED) is 0.723. The number of anilines is 1. The molecule has 3 amide bonds. The number of urea groups is 1. The van der Waals surface area contributed by atoms with Gasteiger partial charge in [0, 0.05) is 50.9 Å². The summed E-state index contributed by atoms with van der Waals surface area (Å²) in [6.45, 7) is 8.18. The first-order valence-corrected chi connectivity index (χ1v) is 11.6. The van der Waals surface area contributed by atoms with E-state index in [1.54, 1.807) is 4.90 Å². The van der Waals surface area contributed by atoms with Gasteiger partial charge in [-0.25, -0.2) is 9.59 Å². The van der Waals surface area contributed by atoms with Gasteiger partial charge in [0.15, 0.2) is 0 Å². The highest BCUT2D eigenvalue weighted by Gasteiger charge is 2.47. The predicted octanol–water partition coefficient (Wildman–Crippen LogP) is 3.53. The smallest absolute Gasteiger partial charge is 0.410 e. The second-order valence-corrected chi connectivity index (χ2v) is 9.75. The molecular weight excluding hydrogens is 392 g/mol. The van der Waals surface area contributed by atoms with Gasteiger partial charge in [-0.1, -0.05) is 18.2 Å². The summed E-state index contributed by atoms with van der Waals surface area (Å²) in [4.78, 5) is 33.0. The van der Waals surface area contributed by atoms with Crippen molar-refractivity contribution in [2.75, 3.05) is 51.7 Å². The van der Waals surface area contributed by atoms with Crippen LogP contribution in [0.3, 0.4) is 0 Å². The second-order valence-electron chi connectivity index (χ2n) is 9.75. The molecule has 1 spiro atoms. The minimum atomic E-state index is -0.181. The third kappa shape index (κ3) is 4.25. The van der Waals surface area contributed by atoms with Crippen molar-refractivity contribution in [3.8, 4) is 0 Å². The zero-order valence-corrected chi connectivity index (χ0v) is 19.3. The predicted molar refractivity (Wildman–Crippen MR) is 122 cm³/mol. The van der Waals surface area contributed by atoms with E-state index in [2.05, 4.69) is 23.1 Å². The van der Waals surface area contributed by atoms with Crippen LogP contribution < -0.4 is 4.90 Å². The molecular formula is C24H36N4O3. The van der Waals surface area contributed by atoms with Crippen LogP contribution in [0.1, 0.15) is 45.1 Å². The van der Waals surface area contributed by atoms with Gasteiger partial charge in [-0.2, -0.15) is 0 Å². The van der Waals surface area contributed by atoms with E-state index in [0.29, 0.717) is 6.04 Å². The van der Waals surface area contributed by atoms with E-state index in [1.165, 1.54) is 5.56 Å². The minimum Gasteiger partial charge on any atom is -0.447 e. The van der Waals surface area contributed by atoms with Crippen molar-refractivity contribution in [3.63, 3.8) is 0 Å². The molecule has 0 aliphatic carbocycles. The number of carbonyl (C=O) groups excluding carboxylic acids is 2. The number of ether oxygens (including phenoxy) is 1. The number of carbonyl (C=O) groups is 2. The fraction of sp³-hybridized carbons (Fsp3) is 0.667. The summed E-state index contributed by atoms with van der Waals surface area (Å²) in [6, 6.07) is 9.02. The maximum atomic E-state index is 12.8. The van der Waals surface area contributed by atoms with E-state index in [-0.39, 0.29) is 23.6 Å². The van der Waals surface area contributed by atoms with Gasteiger partial charge in [-0.15, -0.1) is 0 Å². The Morgan fingerprint density at radius 2 is 1.71 bits per heavy atom. The van der Waals surface area contributed by atoms with Crippen molar-refractivity contribution >= 4 is 17.8 Å². The number of nitrogens with zero attached hydrogens (tertiary/aromatic N) is 4. The lowest BCUT2D eigenvalue weighted by atomic mass is 9.74. The lowest BCUT2D eigenvalue weighted by molar-refractivity contribution is 0.0450. The lowest BCUT2D eigenvalue weighted by Crippen LogP contribution is -2.53. The standard InChI is InChI=1S/C24H36N4O3/c1-18(2)31-23(30)27-13-9-19(10-14-27)26-15-11-24(12-16-26)17-28(22(29)25(3)4)21-8-6-5-7-20(21)24/h5-8,18-19H,9-17H2,1-4H3. The number of amides is 3. The molecule has 4 rings (SSSR count). The van der Waals surface area contributed by atoms with Gasteiger partial charge in [0.05, 0.1) is 6.10 Å². The van der Waals surface area contributed by atoms with Gasteiger partial charge < -0.3 is 19.4 Å². The van der Waals surface area contributed by atoms with Crippen molar-refractivity contribution in [1.82, 2.24) is 14.7 Å². The van der Waals surface area contributed by atoms with Gasteiger partial charge in [0.2, 0.25) is 0 Å². The van der Waals surface area contributed by atoms with Crippen LogP contribution in [0, 0.1) is 0 Å². The van der Waals surface area contributed by atoms with Crippen LogP contribution in [-0.2, 0) is 10.2 Å². The minimum absolute atomic E-state index is 0.0561. The van der Waals surface area contributed by atoms with Crippen molar-refractivity contribution < 1.29 is 14.3 Å². The summed E-state index contributed by atoms with van der Waals surface area (Å²) in [5, 5.41) is 0. The Labute approximate surface area is 185 Å². The van der Waals surface area contributed by atoms with E-state index < -0.39 is 0 Å². The number of hydrogen-bond acceptors (Lipinski definition) is 4. The number of hydrogen-bond donors (Lipinski definition) is 0. The van der Waals surface area contributed by atoms with Gasteiger partial charge in [-0.3, -0.25) is 4.90 Å². The number of fused-ring (bicyclic) bond motifs is 2. The first-order valence-electron chi connectivity index (χ1n) is 11.6. The fourth-order valence-corrected chi connectivity index (χ4v) is 5.48. The summed E-state index contributed by atoms with van der Waals surface area (Å²) in [5.41, 5.74) is 2.46. The van der Waals surface area contributed by atoms with Gasteiger partial charge in [-0.05, 0) is 64.3 Å². The van der Waals surface area contributed by atoms with Gasteiger partial charge in [0.1, 0.15) is 0 Å². The molecule has 1 aromatic carbocycles. The van der Waals surface area contributed by atoms with Crippen LogP contribution in [0.2, 0.25) is 0 Å². The third-order valence-electron chi connectivity index (χ3n) is 7.17. The zero-order valence-electron chi connectivity index (χ0n) is 19.3. The van der Waals surface area contributed by atoms with Crippen LogP contribution in [0.5, 0.6) is 0 Å². The summed E-state index contributed by atoms with van der Waals surface area (Å²) >= 11 is 0. The normalized spacial score (nSPS) is 21.5. The Morgan fingerprint density at radius 1 is 1.06 bits per heavy atom. The molecule has 0 saturated carbocycles. The highest BCUT2D eigenvalue weighted by molar-refractivity contribution is 5.95. The number of piperidine rings is 2. The summed E-state index contributed by atoms with van der Waals surface area (Å²) in [6.07, 6.45) is 3.88. The number of likely N-dealkylation sites (tertiary alicyclic amines) is 2. The van der Waals surface area contributed by atoms with E-state index >= 15 is 0 Å². The zero-order chi connectivity index (χ0) is 22.2. The SMILES string of the molecule is CC(C)OC(=O)N1CCC(N2CCC3(CC2)CN(C(=O)N(C)C)c2ccccc23)CC1. The first-order chi connectivity index (χ1) is 14.8. The molecule has 31 heavy (non-hydrogen) atoms. The molecule has 3 aliphatic rings. The molecule has 7 nitrogen and oxygen atoms in total. The molecule has 7 heteroatoms. The molecule has 0 N–H and O–H groups in total. The van der Waals surface area contributed by atoms with Crippen molar-refractivity contribution in [1.29, 1.82) is 0 Å². The van der Waals surface area contributed by atoms with Crippen LogP contribution >= 0.6 is 0 Å². The topological polar surface area (TPSA) is 56.3 Å². The molecule has 0 unspecified atom stereocenters. The Bertz CT molecular complexity index is 809. The van der Waals surface area contributed by atoms with Gasteiger partial charge >= 0.3 is 12.1 Å². The summed E-state index contributed by atoms with van der Waals surface area (Å²) in [5.74, 6) is 0. The number of rotatable bonds is 2. The molecule has 170 valence electrons. The monoisotopic (exact) mass is 428 g/mol. The maximum absolute atomic E-state index is 12.8. The first kappa shape index (κ1) is 21.9. The van der Waals surface area contributed by atoms with E-state index in [1.807, 2.05) is 43.8 Å². The van der Waals surface area contributed by atoms with E-state index in [9.17, 15) is 9.59 Å². The Balaban J connectivity index is 1.38. The number of para-hydroxylation sites is 1. The molecule has 0 radical (unpaired) electrons. The highest BCUT2D eigenvalue weighted by atomic mass is 16.6. The molecule has 3 aliphatic heterocycles.